The van der Waals surface area contributed by atoms with Crippen molar-refractivity contribution in [3.63, 3.8) is 0 Å². The zero-order valence-corrected chi connectivity index (χ0v) is 15.0. The number of benzene rings is 2. The zero-order chi connectivity index (χ0) is 18.1. The summed E-state index contributed by atoms with van der Waals surface area (Å²) in [5.74, 6) is 1.88. The summed E-state index contributed by atoms with van der Waals surface area (Å²) in [6.07, 6.45) is 4.22. The van der Waals surface area contributed by atoms with Crippen LogP contribution in [0.4, 0.5) is 5.69 Å². The van der Waals surface area contributed by atoms with Crippen molar-refractivity contribution in [2.45, 2.75) is 20.3 Å². The van der Waals surface area contributed by atoms with Crippen molar-refractivity contribution >= 4 is 17.7 Å². The predicted molar refractivity (Wildman–Crippen MR) is 102 cm³/mol. The van der Waals surface area contributed by atoms with Gasteiger partial charge in [-0.3, -0.25) is 4.79 Å². The second kappa shape index (κ2) is 9.52. The van der Waals surface area contributed by atoms with E-state index in [1.165, 1.54) is 6.08 Å². The van der Waals surface area contributed by atoms with Gasteiger partial charge in [-0.1, -0.05) is 38.1 Å². The lowest BCUT2D eigenvalue weighted by Crippen LogP contribution is -2.08. The molecule has 0 atom stereocenters. The minimum absolute atomic E-state index is 0.203. The van der Waals surface area contributed by atoms with Crippen LogP contribution in [0, 0.1) is 5.92 Å². The number of carbonyl (C=O) groups is 1. The smallest absolute Gasteiger partial charge is 0.248 e. The maximum absolute atomic E-state index is 12.1. The van der Waals surface area contributed by atoms with Gasteiger partial charge in [-0.15, -0.1) is 0 Å². The predicted octanol–water partition coefficient (Wildman–Crippen LogP) is 4.77. The van der Waals surface area contributed by atoms with E-state index in [0.717, 1.165) is 23.5 Å². The lowest BCUT2D eigenvalue weighted by Gasteiger charge is -2.09. The van der Waals surface area contributed by atoms with E-state index in [1.54, 1.807) is 13.2 Å². The average molecular weight is 339 g/mol. The Morgan fingerprint density at radius 1 is 1.16 bits per heavy atom. The van der Waals surface area contributed by atoms with Crippen LogP contribution in [-0.4, -0.2) is 19.6 Å². The van der Waals surface area contributed by atoms with Crippen molar-refractivity contribution in [2.24, 2.45) is 5.92 Å². The third kappa shape index (κ3) is 6.34. The molecule has 2 rings (SSSR count). The van der Waals surface area contributed by atoms with Gasteiger partial charge >= 0.3 is 0 Å². The lowest BCUT2D eigenvalue weighted by atomic mass is 10.1. The highest BCUT2D eigenvalue weighted by molar-refractivity contribution is 6.02. The monoisotopic (exact) mass is 339 g/mol. The highest BCUT2D eigenvalue weighted by atomic mass is 16.5. The van der Waals surface area contributed by atoms with E-state index in [9.17, 15) is 4.79 Å². The van der Waals surface area contributed by atoms with E-state index in [0.29, 0.717) is 18.2 Å². The van der Waals surface area contributed by atoms with Crippen molar-refractivity contribution < 1.29 is 14.3 Å². The van der Waals surface area contributed by atoms with E-state index in [4.69, 9.17) is 9.47 Å². The fourth-order valence-electron chi connectivity index (χ4n) is 2.23. The molecule has 0 aliphatic carbocycles. The van der Waals surface area contributed by atoms with Gasteiger partial charge in [0.15, 0.2) is 0 Å². The molecule has 4 heteroatoms. The van der Waals surface area contributed by atoms with Gasteiger partial charge < -0.3 is 14.8 Å². The van der Waals surface area contributed by atoms with Crippen LogP contribution in [0.25, 0.3) is 6.08 Å². The molecule has 0 aliphatic rings. The number of hydrogen-bond donors (Lipinski definition) is 1. The van der Waals surface area contributed by atoms with Crippen LogP contribution in [-0.2, 0) is 4.79 Å². The molecule has 0 heterocycles. The van der Waals surface area contributed by atoms with Crippen LogP contribution >= 0.6 is 0 Å². The molecule has 2 aromatic carbocycles. The molecular formula is C21H25NO3. The summed E-state index contributed by atoms with van der Waals surface area (Å²) in [5, 5.41) is 2.84. The van der Waals surface area contributed by atoms with E-state index < -0.39 is 0 Å². The molecule has 0 fully saturated rings. The summed E-state index contributed by atoms with van der Waals surface area (Å²) in [6, 6.07) is 15.0. The second-order valence-corrected chi connectivity index (χ2v) is 6.12. The van der Waals surface area contributed by atoms with Crippen LogP contribution in [0.1, 0.15) is 25.8 Å². The Hall–Kier alpha value is -2.75. The third-order valence-corrected chi connectivity index (χ3v) is 3.62. The number of para-hydroxylation sites is 1. The first-order valence-electron chi connectivity index (χ1n) is 8.43. The lowest BCUT2D eigenvalue weighted by molar-refractivity contribution is -0.111. The molecule has 0 aliphatic heterocycles. The summed E-state index contributed by atoms with van der Waals surface area (Å²) in [7, 11) is 1.61. The first-order chi connectivity index (χ1) is 12.1. The molecule has 0 aromatic heterocycles. The van der Waals surface area contributed by atoms with Gasteiger partial charge in [-0.05, 0) is 36.6 Å². The normalized spacial score (nSPS) is 10.9. The van der Waals surface area contributed by atoms with Crippen LogP contribution in [0.2, 0.25) is 0 Å². The van der Waals surface area contributed by atoms with Crippen molar-refractivity contribution in [1.29, 1.82) is 0 Å². The Balaban J connectivity index is 1.95. The van der Waals surface area contributed by atoms with Crippen LogP contribution in [0.3, 0.4) is 0 Å². The number of nitrogens with one attached hydrogen (secondary N) is 1. The molecule has 0 saturated carbocycles. The largest absolute Gasteiger partial charge is 0.496 e. The summed E-state index contributed by atoms with van der Waals surface area (Å²) >= 11 is 0. The fourth-order valence-corrected chi connectivity index (χ4v) is 2.23. The highest BCUT2D eigenvalue weighted by Gasteiger charge is 2.02. The molecule has 25 heavy (non-hydrogen) atoms. The number of anilines is 1. The summed E-state index contributed by atoms with van der Waals surface area (Å²) in [4.78, 5) is 12.1. The molecular weight excluding hydrogens is 314 g/mol. The molecule has 0 unspecified atom stereocenters. The molecule has 0 bridgehead atoms. The number of ether oxygens (including phenoxy) is 2. The Kier molecular flexibility index (Phi) is 7.08. The molecule has 132 valence electrons. The van der Waals surface area contributed by atoms with Gasteiger partial charge in [0.25, 0.3) is 0 Å². The maximum atomic E-state index is 12.1. The number of carbonyl (C=O) groups excluding carboxylic acids is 1. The first kappa shape index (κ1) is 18.6. The molecule has 1 N–H and O–H groups in total. The standard InChI is InChI=1S/C21H25NO3/c1-16(2)13-14-25-19-9-6-8-18(15-19)22-21(23)12-11-17-7-4-5-10-20(17)24-3/h4-12,15-16H,13-14H2,1-3H3,(H,22,23)/b12-11+. The molecule has 1 amide bonds. The Morgan fingerprint density at radius 2 is 1.96 bits per heavy atom. The van der Waals surface area contributed by atoms with Crippen molar-refractivity contribution in [3.05, 3.63) is 60.2 Å². The van der Waals surface area contributed by atoms with E-state index in [-0.39, 0.29) is 5.91 Å². The van der Waals surface area contributed by atoms with Gasteiger partial charge in [-0.25, -0.2) is 0 Å². The van der Waals surface area contributed by atoms with Crippen molar-refractivity contribution in [1.82, 2.24) is 0 Å². The SMILES string of the molecule is COc1ccccc1/C=C/C(=O)Nc1cccc(OCCC(C)C)c1. The number of methoxy groups -OCH3 is 1. The third-order valence-electron chi connectivity index (χ3n) is 3.62. The van der Waals surface area contributed by atoms with Gasteiger partial charge in [-0.2, -0.15) is 0 Å². The van der Waals surface area contributed by atoms with Crippen LogP contribution < -0.4 is 14.8 Å². The van der Waals surface area contributed by atoms with Crippen molar-refractivity contribution in [2.75, 3.05) is 19.0 Å². The molecule has 4 nitrogen and oxygen atoms in total. The minimum atomic E-state index is -0.203. The molecule has 0 saturated heterocycles. The second-order valence-electron chi connectivity index (χ2n) is 6.12. The van der Waals surface area contributed by atoms with E-state index in [2.05, 4.69) is 19.2 Å². The number of rotatable bonds is 8. The van der Waals surface area contributed by atoms with Crippen LogP contribution in [0.15, 0.2) is 54.6 Å². The van der Waals surface area contributed by atoms with Gasteiger partial charge in [0.05, 0.1) is 13.7 Å². The van der Waals surface area contributed by atoms with E-state index in [1.807, 2.05) is 48.5 Å². The van der Waals surface area contributed by atoms with Gasteiger partial charge in [0.1, 0.15) is 11.5 Å². The highest BCUT2D eigenvalue weighted by Crippen LogP contribution is 2.20. The summed E-state index contributed by atoms with van der Waals surface area (Å²) in [6.45, 7) is 4.99. The maximum Gasteiger partial charge on any atom is 0.248 e. The summed E-state index contributed by atoms with van der Waals surface area (Å²) in [5.41, 5.74) is 1.56. The van der Waals surface area contributed by atoms with Gasteiger partial charge in [0.2, 0.25) is 5.91 Å². The number of amides is 1. The van der Waals surface area contributed by atoms with Crippen LogP contribution in [0.5, 0.6) is 11.5 Å². The summed E-state index contributed by atoms with van der Waals surface area (Å²) < 4.78 is 11.0. The van der Waals surface area contributed by atoms with E-state index >= 15 is 0 Å². The minimum Gasteiger partial charge on any atom is -0.496 e. The fraction of sp³-hybridized carbons (Fsp3) is 0.286. The molecule has 0 radical (unpaired) electrons. The number of hydrogen-bond acceptors (Lipinski definition) is 3. The first-order valence-corrected chi connectivity index (χ1v) is 8.43. The Bertz CT molecular complexity index is 723. The van der Waals surface area contributed by atoms with Gasteiger partial charge in [0, 0.05) is 23.4 Å². The zero-order valence-electron chi connectivity index (χ0n) is 15.0. The molecule has 0 spiro atoms. The Labute approximate surface area is 149 Å². The average Bonchev–Trinajstić information content (AvgIpc) is 2.60. The van der Waals surface area contributed by atoms with Crippen molar-refractivity contribution in [3.8, 4) is 11.5 Å². The molecule has 2 aromatic rings. The quantitative estimate of drug-likeness (QED) is 0.705. The topological polar surface area (TPSA) is 47.6 Å². The Morgan fingerprint density at radius 3 is 2.72 bits per heavy atom.